The maximum atomic E-state index is 10.2. The van der Waals surface area contributed by atoms with E-state index in [9.17, 15) is 5.11 Å². The zero-order valence-electron chi connectivity index (χ0n) is 10.7. The summed E-state index contributed by atoms with van der Waals surface area (Å²) in [5.41, 5.74) is 4.25. The van der Waals surface area contributed by atoms with Crippen molar-refractivity contribution in [3.8, 4) is 0 Å². The van der Waals surface area contributed by atoms with Crippen LogP contribution in [-0.4, -0.2) is 5.11 Å². The Kier molecular flexibility index (Phi) is 4.05. The Morgan fingerprint density at radius 1 is 1.11 bits per heavy atom. The monoisotopic (exact) mass is 260 g/mol. The molecule has 0 spiro atoms. The minimum absolute atomic E-state index is 0.509. The van der Waals surface area contributed by atoms with Gasteiger partial charge in [0.2, 0.25) is 0 Å². The molecule has 0 aromatic heterocycles. The van der Waals surface area contributed by atoms with Gasteiger partial charge in [0.25, 0.3) is 0 Å². The first-order valence-corrected chi connectivity index (χ1v) is 6.44. The summed E-state index contributed by atoms with van der Waals surface area (Å²) in [6, 6.07) is 13.9. The molecule has 0 fully saturated rings. The second-order valence-corrected chi connectivity index (χ2v) is 5.12. The molecule has 18 heavy (non-hydrogen) atoms. The van der Waals surface area contributed by atoms with E-state index in [1.807, 2.05) is 37.3 Å². The molecular weight excluding hydrogens is 244 g/mol. The van der Waals surface area contributed by atoms with Gasteiger partial charge in [0, 0.05) is 11.4 Å². The summed E-state index contributed by atoms with van der Waals surface area (Å²) in [6.07, 6.45) is 0.103. The van der Waals surface area contributed by atoms with Gasteiger partial charge in [-0.3, -0.25) is 0 Å². The number of halogens is 1. The predicted molar refractivity (Wildman–Crippen MR) is 76.0 cm³/mol. The summed E-state index contributed by atoms with van der Waals surface area (Å²) in [7, 11) is 0. The van der Waals surface area contributed by atoms with E-state index >= 15 is 0 Å². The van der Waals surface area contributed by atoms with E-state index < -0.39 is 6.10 Å². The van der Waals surface area contributed by atoms with Crippen molar-refractivity contribution in [2.45, 2.75) is 26.4 Å². The average molecular weight is 261 g/mol. The number of aliphatic hydroxyl groups excluding tert-OH is 1. The highest BCUT2D eigenvalue weighted by atomic mass is 35.5. The van der Waals surface area contributed by atoms with Crippen LogP contribution in [0.1, 0.15) is 28.4 Å². The Labute approximate surface area is 113 Å². The lowest BCUT2D eigenvalue weighted by Crippen LogP contribution is -2.02. The van der Waals surface area contributed by atoms with Crippen LogP contribution in [0.2, 0.25) is 5.02 Å². The van der Waals surface area contributed by atoms with Crippen molar-refractivity contribution in [1.29, 1.82) is 0 Å². The number of rotatable bonds is 3. The molecule has 2 heteroatoms. The molecule has 0 radical (unpaired) electrons. The van der Waals surface area contributed by atoms with Crippen LogP contribution >= 0.6 is 11.6 Å². The van der Waals surface area contributed by atoms with Crippen molar-refractivity contribution in [1.82, 2.24) is 0 Å². The number of aryl methyl sites for hydroxylation is 2. The van der Waals surface area contributed by atoms with Crippen molar-refractivity contribution in [2.75, 3.05) is 0 Å². The van der Waals surface area contributed by atoms with E-state index in [2.05, 4.69) is 19.1 Å². The van der Waals surface area contributed by atoms with Gasteiger partial charge in [0.05, 0.1) is 6.10 Å². The van der Waals surface area contributed by atoms with E-state index in [0.29, 0.717) is 11.4 Å². The van der Waals surface area contributed by atoms with Crippen LogP contribution in [0.15, 0.2) is 42.5 Å². The van der Waals surface area contributed by atoms with Gasteiger partial charge in [-0.15, -0.1) is 0 Å². The lowest BCUT2D eigenvalue weighted by molar-refractivity contribution is 0.178. The molecule has 1 atom stereocenters. The minimum atomic E-state index is -0.509. The van der Waals surface area contributed by atoms with Gasteiger partial charge >= 0.3 is 0 Å². The standard InChI is InChI=1S/C16H17ClO/c1-11-4-3-5-13(8-11)9-16(18)14-7-6-12(2)15(17)10-14/h3-8,10,16,18H,9H2,1-2H3. The van der Waals surface area contributed by atoms with Gasteiger partial charge in [0.15, 0.2) is 0 Å². The summed E-state index contributed by atoms with van der Waals surface area (Å²) in [5, 5.41) is 10.9. The molecule has 2 aromatic rings. The van der Waals surface area contributed by atoms with Crippen molar-refractivity contribution in [3.05, 3.63) is 69.7 Å². The van der Waals surface area contributed by atoms with Crippen molar-refractivity contribution in [2.24, 2.45) is 0 Å². The smallest absolute Gasteiger partial charge is 0.0830 e. The quantitative estimate of drug-likeness (QED) is 0.876. The highest BCUT2D eigenvalue weighted by molar-refractivity contribution is 6.31. The fourth-order valence-corrected chi connectivity index (χ4v) is 2.19. The van der Waals surface area contributed by atoms with Crippen LogP contribution in [0.5, 0.6) is 0 Å². The second kappa shape index (κ2) is 5.55. The summed E-state index contributed by atoms with van der Waals surface area (Å²) in [5.74, 6) is 0. The molecule has 1 nitrogen and oxygen atoms in total. The van der Waals surface area contributed by atoms with Crippen molar-refractivity contribution >= 4 is 11.6 Å². The Hall–Kier alpha value is -1.31. The maximum Gasteiger partial charge on any atom is 0.0830 e. The highest BCUT2D eigenvalue weighted by Crippen LogP contribution is 2.24. The first-order valence-electron chi connectivity index (χ1n) is 6.06. The SMILES string of the molecule is Cc1cccc(CC(O)c2ccc(C)c(Cl)c2)c1. The maximum absolute atomic E-state index is 10.2. The molecule has 2 aromatic carbocycles. The van der Waals surface area contributed by atoms with Gasteiger partial charge < -0.3 is 5.11 Å². The summed E-state index contributed by atoms with van der Waals surface area (Å²) in [6.45, 7) is 4.01. The van der Waals surface area contributed by atoms with Crippen molar-refractivity contribution < 1.29 is 5.11 Å². The molecular formula is C16H17ClO. The van der Waals surface area contributed by atoms with E-state index in [4.69, 9.17) is 11.6 Å². The number of benzene rings is 2. The van der Waals surface area contributed by atoms with E-state index in [0.717, 1.165) is 16.7 Å². The molecule has 1 unspecified atom stereocenters. The third-order valence-corrected chi connectivity index (χ3v) is 3.50. The third kappa shape index (κ3) is 3.12. The fraction of sp³-hybridized carbons (Fsp3) is 0.250. The molecule has 0 aliphatic carbocycles. The molecule has 0 heterocycles. The average Bonchev–Trinajstić information content (AvgIpc) is 2.32. The topological polar surface area (TPSA) is 20.2 Å². The lowest BCUT2D eigenvalue weighted by Gasteiger charge is -2.12. The number of aliphatic hydroxyl groups is 1. The van der Waals surface area contributed by atoms with Crippen LogP contribution in [0, 0.1) is 13.8 Å². The number of hydrogen-bond donors (Lipinski definition) is 1. The third-order valence-electron chi connectivity index (χ3n) is 3.09. The van der Waals surface area contributed by atoms with E-state index in [1.165, 1.54) is 5.56 Å². The first-order chi connectivity index (χ1) is 8.56. The Morgan fingerprint density at radius 3 is 2.56 bits per heavy atom. The van der Waals surface area contributed by atoms with Gasteiger partial charge in [-0.25, -0.2) is 0 Å². The lowest BCUT2D eigenvalue weighted by atomic mass is 9.99. The van der Waals surface area contributed by atoms with Gasteiger partial charge in [0.1, 0.15) is 0 Å². The fourth-order valence-electron chi connectivity index (χ4n) is 2.00. The van der Waals surface area contributed by atoms with Gasteiger partial charge in [-0.05, 0) is 36.6 Å². The molecule has 0 saturated heterocycles. The number of hydrogen-bond acceptors (Lipinski definition) is 1. The second-order valence-electron chi connectivity index (χ2n) is 4.72. The molecule has 1 N–H and O–H groups in total. The zero-order chi connectivity index (χ0) is 13.1. The molecule has 94 valence electrons. The largest absolute Gasteiger partial charge is 0.388 e. The molecule has 0 aliphatic heterocycles. The zero-order valence-corrected chi connectivity index (χ0v) is 11.4. The van der Waals surface area contributed by atoms with Crippen LogP contribution in [0.3, 0.4) is 0 Å². The van der Waals surface area contributed by atoms with Crippen molar-refractivity contribution in [3.63, 3.8) is 0 Å². The van der Waals surface area contributed by atoms with E-state index in [1.54, 1.807) is 0 Å². The molecule has 0 bridgehead atoms. The van der Waals surface area contributed by atoms with Crippen LogP contribution in [0.25, 0.3) is 0 Å². The van der Waals surface area contributed by atoms with Crippen LogP contribution in [-0.2, 0) is 6.42 Å². The van der Waals surface area contributed by atoms with Crippen LogP contribution in [0.4, 0.5) is 0 Å². The summed E-state index contributed by atoms with van der Waals surface area (Å²) >= 11 is 6.08. The Balaban J connectivity index is 2.16. The van der Waals surface area contributed by atoms with E-state index in [-0.39, 0.29) is 0 Å². The molecule has 0 amide bonds. The Morgan fingerprint density at radius 2 is 1.89 bits per heavy atom. The predicted octanol–water partition coefficient (Wildman–Crippen LogP) is 4.23. The first kappa shape index (κ1) is 13.1. The van der Waals surface area contributed by atoms with Crippen LogP contribution < -0.4 is 0 Å². The highest BCUT2D eigenvalue weighted by Gasteiger charge is 2.10. The Bertz CT molecular complexity index is 549. The minimum Gasteiger partial charge on any atom is -0.388 e. The molecule has 2 rings (SSSR count). The van der Waals surface area contributed by atoms with Gasteiger partial charge in [-0.2, -0.15) is 0 Å². The molecule has 0 saturated carbocycles. The summed E-state index contributed by atoms with van der Waals surface area (Å²) in [4.78, 5) is 0. The molecule has 0 aliphatic rings. The normalized spacial score (nSPS) is 12.4. The summed E-state index contributed by atoms with van der Waals surface area (Å²) < 4.78 is 0. The van der Waals surface area contributed by atoms with Gasteiger partial charge in [-0.1, -0.05) is 53.6 Å².